The van der Waals surface area contributed by atoms with Gasteiger partial charge in [-0.25, -0.2) is 9.69 Å². The fourth-order valence-electron chi connectivity index (χ4n) is 4.53. The number of rotatable bonds is 3. The standard InChI is InChI=1S/C22H20Cl2N4O2/c1-3-27-12-19(15-6-4-14(11-25)5-7-15)22(13-27)20(29)28(21(30)26(22)2)18-9-16(23)8-17(24)10-18/h4-10,19H,3,12-13H2,1-2H3. The van der Waals surface area contributed by atoms with Gasteiger partial charge < -0.3 is 4.90 Å². The van der Waals surface area contributed by atoms with E-state index in [0.717, 1.165) is 12.1 Å². The molecular weight excluding hydrogens is 423 g/mol. The van der Waals surface area contributed by atoms with Gasteiger partial charge in [-0.1, -0.05) is 42.3 Å². The quantitative estimate of drug-likeness (QED) is 0.670. The van der Waals surface area contributed by atoms with Crippen molar-refractivity contribution in [3.8, 4) is 6.07 Å². The van der Waals surface area contributed by atoms with Gasteiger partial charge in [0.2, 0.25) is 0 Å². The summed E-state index contributed by atoms with van der Waals surface area (Å²) in [5.74, 6) is -0.523. The third kappa shape index (κ3) is 3.05. The SMILES string of the molecule is CCN1CC(c2ccc(C#N)cc2)C2(C1)C(=O)N(c1cc(Cl)cc(Cl)c1)C(=O)N2C. The van der Waals surface area contributed by atoms with Crippen LogP contribution < -0.4 is 4.90 Å². The second-order valence-corrected chi connectivity index (χ2v) is 8.52. The van der Waals surface area contributed by atoms with Gasteiger partial charge in [0, 0.05) is 36.1 Å². The predicted octanol–water partition coefficient (Wildman–Crippen LogP) is 4.12. The van der Waals surface area contributed by atoms with Crippen molar-refractivity contribution in [3.63, 3.8) is 0 Å². The zero-order valence-corrected chi connectivity index (χ0v) is 18.1. The Labute approximate surface area is 185 Å². The molecule has 0 radical (unpaired) electrons. The lowest BCUT2D eigenvalue weighted by Gasteiger charge is -2.34. The van der Waals surface area contributed by atoms with Gasteiger partial charge in [0.05, 0.1) is 17.3 Å². The molecule has 154 valence electrons. The number of nitrogens with zero attached hydrogens (tertiary/aromatic N) is 4. The summed E-state index contributed by atoms with van der Waals surface area (Å²) in [5, 5.41) is 9.82. The summed E-state index contributed by atoms with van der Waals surface area (Å²) in [5.41, 5.74) is 0.787. The van der Waals surface area contributed by atoms with Crippen molar-refractivity contribution in [3.05, 3.63) is 63.6 Å². The lowest BCUT2D eigenvalue weighted by atomic mass is 9.80. The van der Waals surface area contributed by atoms with Crippen molar-refractivity contribution in [2.75, 3.05) is 31.6 Å². The molecule has 0 aliphatic carbocycles. The van der Waals surface area contributed by atoms with Crippen molar-refractivity contribution >= 4 is 40.8 Å². The van der Waals surface area contributed by atoms with Gasteiger partial charge in [-0.2, -0.15) is 5.26 Å². The Morgan fingerprint density at radius 1 is 1.13 bits per heavy atom. The van der Waals surface area contributed by atoms with Crippen LogP contribution in [-0.2, 0) is 4.79 Å². The first-order valence-corrected chi connectivity index (χ1v) is 10.4. The molecule has 0 N–H and O–H groups in total. The molecule has 1 spiro atoms. The summed E-state index contributed by atoms with van der Waals surface area (Å²) in [7, 11) is 1.67. The molecule has 0 bridgehead atoms. The van der Waals surface area contributed by atoms with Crippen LogP contribution in [0.1, 0.15) is 24.0 Å². The van der Waals surface area contributed by atoms with E-state index < -0.39 is 11.6 Å². The van der Waals surface area contributed by atoms with Gasteiger partial charge in [-0.15, -0.1) is 0 Å². The Morgan fingerprint density at radius 3 is 2.33 bits per heavy atom. The molecule has 4 rings (SSSR count). The minimum absolute atomic E-state index is 0.230. The van der Waals surface area contributed by atoms with Crippen LogP contribution in [0.5, 0.6) is 0 Å². The van der Waals surface area contributed by atoms with Crippen molar-refractivity contribution in [2.24, 2.45) is 0 Å². The summed E-state index contributed by atoms with van der Waals surface area (Å²) in [6.07, 6.45) is 0. The number of amides is 3. The number of benzene rings is 2. The highest BCUT2D eigenvalue weighted by Gasteiger charge is 2.64. The molecule has 3 amide bonds. The average molecular weight is 443 g/mol. The molecule has 0 saturated carbocycles. The molecule has 2 saturated heterocycles. The maximum absolute atomic E-state index is 13.8. The van der Waals surface area contributed by atoms with Gasteiger partial charge in [0.25, 0.3) is 5.91 Å². The highest BCUT2D eigenvalue weighted by atomic mass is 35.5. The summed E-state index contributed by atoms with van der Waals surface area (Å²) in [6, 6.07) is 13.6. The molecule has 2 aromatic carbocycles. The Bertz CT molecular complexity index is 1050. The highest BCUT2D eigenvalue weighted by molar-refractivity contribution is 6.35. The van der Waals surface area contributed by atoms with Crippen LogP contribution in [0.3, 0.4) is 0 Å². The fraction of sp³-hybridized carbons (Fsp3) is 0.318. The Kier molecular flexibility index (Phi) is 5.23. The highest BCUT2D eigenvalue weighted by Crippen LogP contribution is 2.46. The van der Waals surface area contributed by atoms with Crippen LogP contribution in [0.25, 0.3) is 0 Å². The maximum atomic E-state index is 13.8. The van der Waals surface area contributed by atoms with E-state index in [4.69, 9.17) is 28.5 Å². The lowest BCUT2D eigenvalue weighted by Crippen LogP contribution is -2.53. The molecule has 2 aliphatic heterocycles. The summed E-state index contributed by atoms with van der Waals surface area (Å²) in [4.78, 5) is 32.0. The van der Waals surface area contributed by atoms with Crippen LogP contribution >= 0.6 is 23.2 Å². The zero-order chi connectivity index (χ0) is 21.6. The van der Waals surface area contributed by atoms with E-state index in [1.807, 2.05) is 19.1 Å². The second-order valence-electron chi connectivity index (χ2n) is 7.65. The number of hydrogen-bond acceptors (Lipinski definition) is 4. The molecule has 2 heterocycles. The molecule has 2 aliphatic rings. The molecule has 2 aromatic rings. The first kappa shape index (κ1) is 20.7. The number of anilines is 1. The van der Waals surface area contributed by atoms with Crippen molar-refractivity contribution < 1.29 is 9.59 Å². The van der Waals surface area contributed by atoms with Crippen LogP contribution in [-0.4, -0.2) is 54.0 Å². The molecule has 0 aromatic heterocycles. The number of halogens is 2. The molecule has 30 heavy (non-hydrogen) atoms. The zero-order valence-electron chi connectivity index (χ0n) is 16.6. The van der Waals surface area contributed by atoms with Crippen LogP contribution in [0.4, 0.5) is 10.5 Å². The molecule has 8 heteroatoms. The normalized spacial score (nSPS) is 24.2. The molecule has 2 fully saturated rings. The third-order valence-electron chi connectivity index (χ3n) is 6.13. The monoisotopic (exact) mass is 442 g/mol. The topological polar surface area (TPSA) is 67.6 Å². The average Bonchev–Trinajstić information content (AvgIpc) is 3.20. The predicted molar refractivity (Wildman–Crippen MR) is 116 cm³/mol. The number of nitriles is 1. The molecular formula is C22H20Cl2N4O2. The number of hydrogen-bond donors (Lipinski definition) is 0. The summed E-state index contributed by atoms with van der Waals surface area (Å²) in [6.45, 7) is 3.85. The van der Waals surface area contributed by atoms with Gasteiger partial charge in [-0.05, 0) is 42.4 Å². The largest absolute Gasteiger partial charge is 0.332 e. The molecule has 2 atom stereocenters. The minimum atomic E-state index is -1.05. The van der Waals surface area contributed by atoms with E-state index in [1.54, 1.807) is 42.3 Å². The lowest BCUT2D eigenvalue weighted by molar-refractivity contribution is -0.124. The molecule has 6 nitrogen and oxygen atoms in total. The number of carbonyl (C=O) groups is 2. The van der Waals surface area contributed by atoms with E-state index >= 15 is 0 Å². The number of likely N-dealkylation sites (tertiary alicyclic amines) is 1. The number of likely N-dealkylation sites (N-methyl/N-ethyl adjacent to an activating group) is 2. The van der Waals surface area contributed by atoms with Crippen LogP contribution in [0.2, 0.25) is 10.0 Å². The van der Waals surface area contributed by atoms with Crippen molar-refractivity contribution in [1.29, 1.82) is 5.26 Å². The van der Waals surface area contributed by atoms with E-state index in [9.17, 15) is 9.59 Å². The Morgan fingerprint density at radius 2 is 1.77 bits per heavy atom. The van der Waals surface area contributed by atoms with Gasteiger partial charge >= 0.3 is 6.03 Å². The van der Waals surface area contributed by atoms with E-state index in [1.165, 1.54) is 4.90 Å². The number of carbonyl (C=O) groups excluding carboxylic acids is 2. The van der Waals surface area contributed by atoms with Gasteiger partial charge in [-0.3, -0.25) is 9.69 Å². The summed E-state index contributed by atoms with van der Waals surface area (Å²) >= 11 is 12.3. The maximum Gasteiger partial charge on any atom is 0.332 e. The Balaban J connectivity index is 1.82. The van der Waals surface area contributed by atoms with Gasteiger partial charge in [0.15, 0.2) is 0 Å². The van der Waals surface area contributed by atoms with Crippen LogP contribution in [0, 0.1) is 11.3 Å². The number of urea groups is 1. The smallest absolute Gasteiger partial charge is 0.310 e. The van der Waals surface area contributed by atoms with Gasteiger partial charge in [0.1, 0.15) is 5.54 Å². The molecule has 2 unspecified atom stereocenters. The second kappa shape index (κ2) is 7.59. The minimum Gasteiger partial charge on any atom is -0.310 e. The fourth-order valence-corrected chi connectivity index (χ4v) is 5.05. The van der Waals surface area contributed by atoms with E-state index in [2.05, 4.69) is 11.0 Å². The number of imide groups is 1. The van der Waals surface area contributed by atoms with Crippen LogP contribution in [0.15, 0.2) is 42.5 Å². The Hall–Kier alpha value is -2.59. The van der Waals surface area contributed by atoms with E-state index in [-0.39, 0.29) is 11.8 Å². The summed E-state index contributed by atoms with van der Waals surface area (Å²) < 4.78 is 0. The first-order valence-electron chi connectivity index (χ1n) is 9.62. The third-order valence-corrected chi connectivity index (χ3v) is 6.56. The first-order chi connectivity index (χ1) is 14.3. The van der Waals surface area contributed by atoms with E-state index in [0.29, 0.717) is 34.4 Å². The van der Waals surface area contributed by atoms with Crippen molar-refractivity contribution in [1.82, 2.24) is 9.80 Å². The van der Waals surface area contributed by atoms with Crippen molar-refractivity contribution in [2.45, 2.75) is 18.4 Å².